The highest BCUT2D eigenvalue weighted by molar-refractivity contribution is 5.25. The zero-order valence-electron chi connectivity index (χ0n) is 7.91. The van der Waals surface area contributed by atoms with E-state index in [4.69, 9.17) is 0 Å². The molecule has 11 heavy (non-hydrogen) atoms. The molecule has 0 aromatic heterocycles. The van der Waals surface area contributed by atoms with Gasteiger partial charge in [0.1, 0.15) is 0 Å². The van der Waals surface area contributed by atoms with E-state index in [9.17, 15) is 0 Å². The lowest BCUT2D eigenvalue weighted by atomic mass is 10.1. The molecule has 0 fully saturated rings. The average molecular weight is 153 g/mol. The molecule has 0 amide bonds. The monoisotopic (exact) mass is 153 g/mol. The molecular formula is C10H19N. The number of rotatable bonds is 5. The van der Waals surface area contributed by atoms with Gasteiger partial charge in [-0.25, -0.2) is 0 Å². The van der Waals surface area contributed by atoms with Gasteiger partial charge in [-0.2, -0.15) is 0 Å². The second kappa shape index (κ2) is 6.17. The summed E-state index contributed by atoms with van der Waals surface area (Å²) in [5.74, 6) is 0. The van der Waals surface area contributed by atoms with E-state index >= 15 is 0 Å². The van der Waals surface area contributed by atoms with Crippen molar-refractivity contribution in [2.24, 2.45) is 0 Å². The predicted octanol–water partition coefficient (Wildman–Crippen LogP) is 2.51. The molecule has 64 valence electrons. The van der Waals surface area contributed by atoms with Gasteiger partial charge in [0.25, 0.3) is 0 Å². The molecule has 0 unspecified atom stereocenters. The van der Waals surface area contributed by atoms with Crippen LogP contribution in [0.4, 0.5) is 0 Å². The Labute approximate surface area is 70.2 Å². The number of hydrogen-bond acceptors (Lipinski definition) is 1. The van der Waals surface area contributed by atoms with Gasteiger partial charge >= 0.3 is 0 Å². The maximum absolute atomic E-state index is 4.00. The summed E-state index contributed by atoms with van der Waals surface area (Å²) < 4.78 is 0. The summed E-state index contributed by atoms with van der Waals surface area (Å²) in [6.07, 6.45) is 4.38. The number of hydrogen-bond donors (Lipinski definition) is 1. The molecule has 0 bridgehead atoms. The molecule has 0 aromatic carbocycles. The quantitative estimate of drug-likeness (QED) is 0.598. The fraction of sp³-hybridized carbons (Fsp3) is 0.600. The van der Waals surface area contributed by atoms with Crippen LogP contribution in [-0.4, -0.2) is 13.6 Å². The maximum atomic E-state index is 4.00. The van der Waals surface area contributed by atoms with Gasteiger partial charge in [0, 0.05) is 0 Å². The van der Waals surface area contributed by atoms with Crippen LogP contribution in [-0.2, 0) is 0 Å². The zero-order valence-corrected chi connectivity index (χ0v) is 7.91. The van der Waals surface area contributed by atoms with Crippen LogP contribution in [0.25, 0.3) is 0 Å². The largest absolute Gasteiger partial charge is 0.319 e. The van der Waals surface area contributed by atoms with Crippen molar-refractivity contribution in [1.29, 1.82) is 0 Å². The lowest BCUT2D eigenvalue weighted by Gasteiger charge is -2.04. The molecule has 1 N–H and O–H groups in total. The Hall–Kier alpha value is -0.560. The second-order valence-corrected chi connectivity index (χ2v) is 2.75. The van der Waals surface area contributed by atoms with Crippen molar-refractivity contribution in [2.75, 3.05) is 13.6 Å². The second-order valence-electron chi connectivity index (χ2n) is 2.75. The molecule has 0 aliphatic rings. The minimum Gasteiger partial charge on any atom is -0.319 e. The van der Waals surface area contributed by atoms with E-state index in [1.54, 1.807) is 0 Å². The molecule has 0 spiro atoms. The lowest BCUT2D eigenvalue weighted by Crippen LogP contribution is -2.08. The van der Waals surface area contributed by atoms with E-state index < -0.39 is 0 Å². The van der Waals surface area contributed by atoms with Crippen LogP contribution in [0.1, 0.15) is 26.7 Å². The minimum atomic E-state index is 1.02. The zero-order chi connectivity index (χ0) is 8.69. The molecule has 1 nitrogen and oxygen atoms in total. The average Bonchev–Trinajstić information content (AvgIpc) is 2.00. The molecule has 0 radical (unpaired) electrons. The fourth-order valence-corrected chi connectivity index (χ4v) is 0.924. The van der Waals surface area contributed by atoms with E-state index in [1.807, 2.05) is 7.05 Å². The van der Waals surface area contributed by atoms with E-state index in [2.05, 4.69) is 31.8 Å². The molecule has 0 saturated carbocycles. The van der Waals surface area contributed by atoms with Crippen LogP contribution in [0.2, 0.25) is 0 Å². The van der Waals surface area contributed by atoms with Crippen molar-refractivity contribution < 1.29 is 0 Å². The summed E-state index contributed by atoms with van der Waals surface area (Å²) in [6.45, 7) is 9.30. The lowest BCUT2D eigenvalue weighted by molar-refractivity contribution is 0.789. The summed E-state index contributed by atoms with van der Waals surface area (Å²) in [5, 5.41) is 3.11. The van der Waals surface area contributed by atoms with Gasteiger partial charge < -0.3 is 5.32 Å². The molecule has 0 aliphatic carbocycles. The first-order chi connectivity index (χ1) is 5.22. The molecule has 0 aromatic rings. The van der Waals surface area contributed by atoms with Gasteiger partial charge in [-0.15, -0.1) is 0 Å². The maximum Gasteiger partial charge on any atom is -0.00115 e. The van der Waals surface area contributed by atoms with Crippen LogP contribution in [0.3, 0.4) is 0 Å². The van der Waals surface area contributed by atoms with Gasteiger partial charge in [0.15, 0.2) is 0 Å². The molecule has 0 saturated heterocycles. The number of nitrogens with one attached hydrogen (secondary N) is 1. The SMILES string of the molecule is C=C(CCNC)/C(C)=C/CC. The Morgan fingerprint density at radius 3 is 2.64 bits per heavy atom. The van der Waals surface area contributed by atoms with Crippen molar-refractivity contribution in [3.8, 4) is 0 Å². The van der Waals surface area contributed by atoms with Crippen molar-refractivity contribution >= 4 is 0 Å². The third-order valence-corrected chi connectivity index (χ3v) is 1.74. The van der Waals surface area contributed by atoms with Gasteiger partial charge in [0.05, 0.1) is 0 Å². The van der Waals surface area contributed by atoms with Crippen LogP contribution >= 0.6 is 0 Å². The molecule has 0 rings (SSSR count). The Morgan fingerprint density at radius 1 is 1.55 bits per heavy atom. The van der Waals surface area contributed by atoms with Gasteiger partial charge in [0.2, 0.25) is 0 Å². The van der Waals surface area contributed by atoms with Crippen LogP contribution in [0.5, 0.6) is 0 Å². The van der Waals surface area contributed by atoms with E-state index in [0.29, 0.717) is 0 Å². The van der Waals surface area contributed by atoms with Gasteiger partial charge in [-0.1, -0.05) is 30.7 Å². The van der Waals surface area contributed by atoms with Crippen molar-refractivity contribution in [3.63, 3.8) is 0 Å². The first-order valence-corrected chi connectivity index (χ1v) is 4.21. The van der Waals surface area contributed by atoms with Crippen LogP contribution in [0.15, 0.2) is 23.8 Å². The number of allylic oxidation sites excluding steroid dienone is 2. The van der Waals surface area contributed by atoms with Crippen LogP contribution < -0.4 is 5.32 Å². The van der Waals surface area contributed by atoms with E-state index in [-0.39, 0.29) is 0 Å². The Balaban J connectivity index is 3.73. The highest BCUT2D eigenvalue weighted by Crippen LogP contribution is 2.10. The first kappa shape index (κ1) is 10.4. The summed E-state index contributed by atoms with van der Waals surface area (Å²) >= 11 is 0. The third-order valence-electron chi connectivity index (χ3n) is 1.74. The van der Waals surface area contributed by atoms with E-state index in [1.165, 1.54) is 11.1 Å². The Bertz CT molecular complexity index is 145. The van der Waals surface area contributed by atoms with Crippen molar-refractivity contribution in [2.45, 2.75) is 26.7 Å². The molecule has 0 heterocycles. The normalized spacial score (nSPS) is 11.7. The first-order valence-electron chi connectivity index (χ1n) is 4.21. The third kappa shape index (κ3) is 4.79. The summed E-state index contributed by atoms with van der Waals surface area (Å²) in [7, 11) is 1.96. The van der Waals surface area contributed by atoms with Crippen LogP contribution in [0, 0.1) is 0 Å². The van der Waals surface area contributed by atoms with Gasteiger partial charge in [-0.3, -0.25) is 0 Å². The summed E-state index contributed by atoms with van der Waals surface area (Å²) in [6, 6.07) is 0. The summed E-state index contributed by atoms with van der Waals surface area (Å²) in [4.78, 5) is 0. The van der Waals surface area contributed by atoms with Gasteiger partial charge in [-0.05, 0) is 33.4 Å². The standard InChI is InChI=1S/C10H19N/c1-5-6-9(2)10(3)7-8-11-4/h6,11H,3,5,7-8H2,1-2,4H3/b9-6+. The highest BCUT2D eigenvalue weighted by Gasteiger charge is 1.94. The molecule has 0 aliphatic heterocycles. The van der Waals surface area contributed by atoms with Crippen molar-refractivity contribution in [1.82, 2.24) is 5.32 Å². The molecule has 1 heteroatoms. The minimum absolute atomic E-state index is 1.02. The smallest absolute Gasteiger partial charge is 0.00115 e. The molecular weight excluding hydrogens is 134 g/mol. The Morgan fingerprint density at radius 2 is 2.18 bits per heavy atom. The topological polar surface area (TPSA) is 12.0 Å². The summed E-state index contributed by atoms with van der Waals surface area (Å²) in [5.41, 5.74) is 2.59. The highest BCUT2D eigenvalue weighted by atomic mass is 14.8. The van der Waals surface area contributed by atoms with E-state index in [0.717, 1.165) is 19.4 Å². The van der Waals surface area contributed by atoms with Crippen molar-refractivity contribution in [3.05, 3.63) is 23.8 Å². The Kier molecular flexibility index (Phi) is 5.86. The molecule has 0 atom stereocenters. The predicted molar refractivity (Wildman–Crippen MR) is 51.7 cm³/mol. The fourth-order valence-electron chi connectivity index (χ4n) is 0.924.